The summed E-state index contributed by atoms with van der Waals surface area (Å²) in [5.74, 6) is 0.564. The maximum atomic E-state index is 8.73. The fourth-order valence-corrected chi connectivity index (χ4v) is 4.07. The van der Waals surface area contributed by atoms with Gasteiger partial charge in [-0.15, -0.1) is 0 Å². The molecule has 4 aromatic rings. The zero-order valence-electron chi connectivity index (χ0n) is 26.9. The first kappa shape index (κ1) is 41.0. The van der Waals surface area contributed by atoms with Crippen molar-refractivity contribution < 1.29 is 10.4 Å². The maximum absolute atomic E-state index is 8.73. The van der Waals surface area contributed by atoms with Crippen LogP contribution in [0.2, 0.25) is 10.0 Å². The standard InChI is InChI=1S/C22H30Cl2N10.2C5H5NOS/c23-15-5-9-17(10-6-15)31-21(27)33-19(25)29-13-3-1-2-4-14-30-20(26)34-22(28)32-18-11-7-16(24)8-12-18;2*7-6-4-2-1-3-5(6)8/h5-12H,1-4,13-14H2,(H5,25,27,29,31,33)(H5,26,28,30,32,34);2*1-4,7H. The van der Waals surface area contributed by atoms with Gasteiger partial charge in [-0.1, -0.05) is 72.6 Å². The van der Waals surface area contributed by atoms with Gasteiger partial charge < -0.3 is 44.0 Å². The van der Waals surface area contributed by atoms with Crippen molar-refractivity contribution in [2.75, 3.05) is 23.7 Å². The first-order valence-electron chi connectivity index (χ1n) is 15.0. The Balaban J connectivity index is 0.000000437. The van der Waals surface area contributed by atoms with E-state index in [1.165, 1.54) is 12.4 Å². The molecule has 0 amide bonds. The molecule has 0 unspecified atom stereocenters. The molecule has 4 rings (SSSR count). The van der Waals surface area contributed by atoms with Crippen LogP contribution < -0.4 is 33.6 Å². The second-order valence-electron chi connectivity index (χ2n) is 9.92. The molecule has 14 nitrogen and oxygen atoms in total. The van der Waals surface area contributed by atoms with Gasteiger partial charge in [-0.25, -0.2) is 0 Å². The van der Waals surface area contributed by atoms with Crippen molar-refractivity contribution in [2.45, 2.75) is 25.7 Å². The highest BCUT2D eigenvalue weighted by molar-refractivity contribution is 7.71. The van der Waals surface area contributed by atoms with Gasteiger partial charge in [0, 0.05) is 46.9 Å². The number of anilines is 2. The monoisotopic (exact) mass is 758 g/mol. The van der Waals surface area contributed by atoms with Gasteiger partial charge in [-0.2, -0.15) is 19.4 Å². The zero-order chi connectivity index (χ0) is 36.7. The summed E-state index contributed by atoms with van der Waals surface area (Å²) in [4.78, 5) is 16.5. The van der Waals surface area contributed by atoms with Crippen molar-refractivity contribution in [2.24, 2.45) is 42.9 Å². The minimum atomic E-state index is 0.124. The Kier molecular flexibility index (Phi) is 19.1. The Labute approximate surface area is 310 Å². The van der Waals surface area contributed by atoms with Crippen LogP contribution in [0.1, 0.15) is 25.7 Å². The summed E-state index contributed by atoms with van der Waals surface area (Å²) >= 11 is 21.0. The number of benzene rings is 2. The molecule has 0 saturated carbocycles. The molecular formula is C32H40Cl2N12O2S2. The third-order valence-electron chi connectivity index (χ3n) is 5.92. The molecule has 50 heavy (non-hydrogen) atoms. The molecule has 2 heterocycles. The van der Waals surface area contributed by atoms with Gasteiger partial charge in [0.05, 0.1) is 0 Å². The second-order valence-corrected chi connectivity index (χ2v) is 11.6. The van der Waals surface area contributed by atoms with Gasteiger partial charge in [0.2, 0.25) is 23.8 Å². The van der Waals surface area contributed by atoms with E-state index < -0.39 is 0 Å². The molecule has 0 saturated heterocycles. The Morgan fingerprint density at radius 1 is 0.580 bits per heavy atom. The number of nitrogens with one attached hydrogen (secondary N) is 2. The average Bonchev–Trinajstić information content (AvgIpc) is 3.07. The van der Waals surface area contributed by atoms with Crippen molar-refractivity contribution in [3.63, 3.8) is 0 Å². The van der Waals surface area contributed by atoms with Gasteiger partial charge in [-0.3, -0.25) is 9.98 Å². The highest BCUT2D eigenvalue weighted by atomic mass is 35.5. The van der Waals surface area contributed by atoms with E-state index in [-0.39, 0.29) is 23.8 Å². The first-order valence-corrected chi connectivity index (χ1v) is 16.6. The summed E-state index contributed by atoms with van der Waals surface area (Å²) in [5.41, 5.74) is 24.8. The first-order chi connectivity index (χ1) is 23.9. The van der Waals surface area contributed by atoms with Crippen LogP contribution in [0.4, 0.5) is 11.4 Å². The highest BCUT2D eigenvalue weighted by Gasteiger charge is 1.99. The number of aromatic nitrogens is 2. The molecule has 266 valence electrons. The smallest absolute Gasteiger partial charge is 0.218 e. The fourth-order valence-electron chi connectivity index (χ4n) is 3.54. The maximum Gasteiger partial charge on any atom is 0.218 e. The van der Waals surface area contributed by atoms with E-state index >= 15 is 0 Å². The third kappa shape index (κ3) is 18.4. The normalized spacial score (nSPS) is 11.8. The Bertz CT molecular complexity index is 1710. The molecule has 0 fully saturated rings. The van der Waals surface area contributed by atoms with Crippen LogP contribution in [0.3, 0.4) is 0 Å². The van der Waals surface area contributed by atoms with Gasteiger partial charge in [0.15, 0.2) is 0 Å². The highest BCUT2D eigenvalue weighted by Crippen LogP contribution is 2.14. The lowest BCUT2D eigenvalue weighted by molar-refractivity contribution is 0.180. The third-order valence-corrected chi connectivity index (χ3v) is 7.07. The van der Waals surface area contributed by atoms with Gasteiger partial charge in [0.1, 0.15) is 9.28 Å². The number of unbranched alkanes of at least 4 members (excludes halogenated alkanes) is 3. The van der Waals surface area contributed by atoms with Crippen molar-refractivity contribution in [3.05, 3.63) is 117 Å². The van der Waals surface area contributed by atoms with Gasteiger partial charge in [0.25, 0.3) is 0 Å². The van der Waals surface area contributed by atoms with Gasteiger partial charge >= 0.3 is 0 Å². The van der Waals surface area contributed by atoms with Crippen LogP contribution >= 0.6 is 47.6 Å². The summed E-state index contributed by atoms with van der Waals surface area (Å²) < 4.78 is 2.64. The van der Waals surface area contributed by atoms with Crippen molar-refractivity contribution in [1.29, 1.82) is 0 Å². The number of pyridine rings is 2. The Morgan fingerprint density at radius 3 is 1.24 bits per heavy atom. The molecule has 0 radical (unpaired) electrons. The largest absolute Gasteiger partial charge is 0.428 e. The number of nitrogens with two attached hydrogens (primary N) is 4. The molecule has 12 N–H and O–H groups in total. The molecule has 2 aromatic heterocycles. The second kappa shape index (κ2) is 23.2. The zero-order valence-corrected chi connectivity index (χ0v) is 30.1. The fraction of sp³-hybridized carbons (Fsp3) is 0.188. The van der Waals surface area contributed by atoms with Crippen LogP contribution in [-0.4, -0.2) is 56.8 Å². The van der Waals surface area contributed by atoms with Crippen molar-refractivity contribution in [3.8, 4) is 0 Å². The van der Waals surface area contributed by atoms with Crippen LogP contribution in [0.5, 0.6) is 0 Å². The summed E-state index contributed by atoms with van der Waals surface area (Å²) in [5, 5.41) is 24.6. The van der Waals surface area contributed by atoms with E-state index in [1.807, 2.05) is 0 Å². The summed E-state index contributed by atoms with van der Waals surface area (Å²) in [6.45, 7) is 1.12. The van der Waals surface area contributed by atoms with E-state index in [0.717, 1.165) is 46.5 Å². The van der Waals surface area contributed by atoms with Crippen LogP contribution in [0, 0.1) is 9.28 Å². The lowest BCUT2D eigenvalue weighted by Gasteiger charge is -2.05. The van der Waals surface area contributed by atoms with E-state index in [9.17, 15) is 0 Å². The van der Waals surface area contributed by atoms with E-state index in [2.05, 4.69) is 55.0 Å². The summed E-state index contributed by atoms with van der Waals surface area (Å²) in [7, 11) is 0. The van der Waals surface area contributed by atoms with Crippen LogP contribution in [0.15, 0.2) is 117 Å². The SMILES string of the molecule is NC(=NCCCCCCN=C(N)/N=C(\N)Nc1ccc(Cl)cc1)/N=C(\N)Nc1ccc(Cl)cc1.On1ccccc1=S.On1ccccc1=S. The molecule has 18 heteroatoms. The topological polar surface area (TPSA) is 228 Å². The van der Waals surface area contributed by atoms with E-state index in [1.54, 1.807) is 84.9 Å². The lowest BCUT2D eigenvalue weighted by atomic mass is 10.2. The molecule has 0 aliphatic rings. The predicted octanol–water partition coefficient (Wildman–Crippen LogP) is 6.25. The molecule has 0 spiro atoms. The van der Waals surface area contributed by atoms with Gasteiger partial charge in [-0.05, 0) is 85.6 Å². The predicted molar refractivity (Wildman–Crippen MR) is 210 cm³/mol. The number of hydrogen-bond donors (Lipinski definition) is 8. The summed E-state index contributed by atoms with van der Waals surface area (Å²) in [6, 6.07) is 24.4. The number of rotatable bonds is 9. The minimum absolute atomic E-state index is 0.124. The lowest BCUT2D eigenvalue weighted by Crippen LogP contribution is -2.26. The van der Waals surface area contributed by atoms with E-state index in [0.29, 0.717) is 32.4 Å². The van der Waals surface area contributed by atoms with Crippen LogP contribution in [-0.2, 0) is 0 Å². The number of hydrogen-bond acceptors (Lipinski definition) is 6. The number of guanidine groups is 4. The molecule has 0 bridgehead atoms. The molecule has 0 atom stereocenters. The number of aliphatic imine (C=N–C) groups is 4. The molecule has 0 aliphatic heterocycles. The number of halogens is 2. The molecule has 0 aliphatic carbocycles. The van der Waals surface area contributed by atoms with E-state index in [4.69, 9.17) is 56.6 Å². The van der Waals surface area contributed by atoms with Crippen LogP contribution in [0.25, 0.3) is 0 Å². The quantitative estimate of drug-likeness (QED) is 0.0315. The minimum Gasteiger partial charge on any atom is -0.428 e. The average molecular weight is 760 g/mol. The molecule has 2 aromatic carbocycles. The summed E-state index contributed by atoms with van der Waals surface area (Å²) in [6.07, 6.45) is 6.66. The molecular weight excluding hydrogens is 719 g/mol. The van der Waals surface area contributed by atoms with Crippen molar-refractivity contribution >= 4 is 82.9 Å². The number of nitrogens with zero attached hydrogens (tertiary/aromatic N) is 6. The van der Waals surface area contributed by atoms with Crippen molar-refractivity contribution in [1.82, 2.24) is 9.46 Å². The Morgan fingerprint density at radius 2 is 0.940 bits per heavy atom. The Hall–Kier alpha value is -5.16.